The second kappa shape index (κ2) is 4.53. The molecule has 0 radical (unpaired) electrons. The quantitative estimate of drug-likeness (QED) is 0.610. The zero-order valence-electron chi connectivity index (χ0n) is 9.43. The number of nitrogens with two attached hydrogens (primary N) is 1. The maximum Gasteiger partial charge on any atom is 0.416 e. The molecule has 0 bridgehead atoms. The molecule has 6 heteroatoms. The van der Waals surface area contributed by atoms with Gasteiger partial charge >= 0.3 is 6.18 Å². The van der Waals surface area contributed by atoms with Crippen molar-refractivity contribution in [2.75, 3.05) is 5.73 Å². The highest BCUT2D eigenvalue weighted by molar-refractivity contribution is 5.67. The van der Waals surface area contributed by atoms with Crippen molar-refractivity contribution in [3.63, 3.8) is 0 Å². The van der Waals surface area contributed by atoms with Gasteiger partial charge < -0.3 is 5.73 Å². The zero-order chi connectivity index (χ0) is 14.2. The number of anilines is 1. The molecule has 0 unspecified atom stereocenters. The topological polar surface area (TPSA) is 26.0 Å². The van der Waals surface area contributed by atoms with E-state index in [0.29, 0.717) is 0 Å². The third-order valence-electron chi connectivity index (χ3n) is 2.59. The normalized spacial score (nSPS) is 11.6. The molecule has 0 aromatic heterocycles. The van der Waals surface area contributed by atoms with E-state index in [0.717, 1.165) is 30.3 Å². The average molecular weight is 273 g/mol. The second-order valence-corrected chi connectivity index (χ2v) is 3.93. The van der Waals surface area contributed by atoms with E-state index >= 15 is 0 Å². The molecule has 0 spiro atoms. The number of hydrogen-bond donors (Lipinski definition) is 1. The van der Waals surface area contributed by atoms with E-state index in [4.69, 9.17) is 5.73 Å². The summed E-state index contributed by atoms with van der Waals surface area (Å²) >= 11 is 0. The Morgan fingerprint density at radius 1 is 0.895 bits per heavy atom. The zero-order valence-corrected chi connectivity index (χ0v) is 9.43. The van der Waals surface area contributed by atoms with Crippen LogP contribution >= 0.6 is 0 Å². The Kier molecular flexibility index (Phi) is 3.18. The number of rotatable bonds is 1. The SMILES string of the molecule is Nc1cc(F)c(-c2cccc(C(F)(F)F)c2)cc1F. The molecule has 2 N–H and O–H groups in total. The second-order valence-electron chi connectivity index (χ2n) is 3.93. The van der Waals surface area contributed by atoms with Gasteiger partial charge in [0.15, 0.2) is 0 Å². The van der Waals surface area contributed by atoms with Gasteiger partial charge in [0, 0.05) is 11.6 Å². The maximum atomic E-state index is 13.6. The lowest BCUT2D eigenvalue weighted by atomic mass is 10.0. The number of hydrogen-bond acceptors (Lipinski definition) is 1. The molecule has 0 saturated carbocycles. The van der Waals surface area contributed by atoms with E-state index in [2.05, 4.69) is 0 Å². The number of halogens is 5. The van der Waals surface area contributed by atoms with Gasteiger partial charge in [-0.15, -0.1) is 0 Å². The van der Waals surface area contributed by atoms with Crippen LogP contribution in [0.2, 0.25) is 0 Å². The van der Waals surface area contributed by atoms with Gasteiger partial charge in [-0.25, -0.2) is 8.78 Å². The first-order chi connectivity index (χ1) is 8.79. The van der Waals surface area contributed by atoms with Crippen molar-refractivity contribution in [2.24, 2.45) is 0 Å². The Labute approximate surface area is 105 Å². The van der Waals surface area contributed by atoms with Crippen molar-refractivity contribution >= 4 is 5.69 Å². The predicted octanol–water partition coefficient (Wildman–Crippen LogP) is 4.23. The minimum atomic E-state index is -4.54. The van der Waals surface area contributed by atoms with Gasteiger partial charge in [-0.05, 0) is 23.8 Å². The third-order valence-corrected chi connectivity index (χ3v) is 2.59. The smallest absolute Gasteiger partial charge is 0.396 e. The first kappa shape index (κ1) is 13.3. The fourth-order valence-electron chi connectivity index (χ4n) is 1.65. The van der Waals surface area contributed by atoms with E-state index in [1.807, 2.05) is 0 Å². The monoisotopic (exact) mass is 273 g/mol. The Morgan fingerprint density at radius 2 is 1.58 bits per heavy atom. The molecular formula is C13H8F5N. The van der Waals surface area contributed by atoms with Crippen LogP contribution in [-0.2, 0) is 6.18 Å². The number of benzene rings is 2. The molecule has 0 aliphatic carbocycles. The van der Waals surface area contributed by atoms with Crippen LogP contribution in [0, 0.1) is 11.6 Å². The van der Waals surface area contributed by atoms with Crippen molar-refractivity contribution in [2.45, 2.75) is 6.18 Å². The molecule has 1 nitrogen and oxygen atoms in total. The number of alkyl halides is 3. The maximum absolute atomic E-state index is 13.6. The van der Waals surface area contributed by atoms with Crippen LogP contribution in [0.1, 0.15) is 5.56 Å². The summed E-state index contributed by atoms with van der Waals surface area (Å²) in [6.07, 6.45) is -4.54. The summed E-state index contributed by atoms with van der Waals surface area (Å²) in [5, 5.41) is 0. The third kappa shape index (κ3) is 2.67. The van der Waals surface area contributed by atoms with Gasteiger partial charge in [-0.1, -0.05) is 12.1 Å². The highest BCUT2D eigenvalue weighted by atomic mass is 19.4. The van der Waals surface area contributed by atoms with Gasteiger partial charge in [0.1, 0.15) is 11.6 Å². The van der Waals surface area contributed by atoms with Gasteiger partial charge in [0.2, 0.25) is 0 Å². The summed E-state index contributed by atoms with van der Waals surface area (Å²) < 4.78 is 64.5. The summed E-state index contributed by atoms with van der Waals surface area (Å²) in [6, 6.07) is 5.53. The Balaban J connectivity index is 2.57. The lowest BCUT2D eigenvalue weighted by molar-refractivity contribution is -0.137. The van der Waals surface area contributed by atoms with E-state index < -0.39 is 29.1 Å². The van der Waals surface area contributed by atoms with Gasteiger partial charge in [-0.3, -0.25) is 0 Å². The largest absolute Gasteiger partial charge is 0.416 e. The summed E-state index contributed by atoms with van der Waals surface area (Å²) in [5.74, 6) is -1.76. The van der Waals surface area contributed by atoms with Crippen molar-refractivity contribution in [1.82, 2.24) is 0 Å². The molecule has 2 aromatic rings. The standard InChI is InChI=1S/C13H8F5N/c14-10-6-12(19)11(15)5-9(10)7-2-1-3-8(4-7)13(16,17)18/h1-6H,19H2. The number of nitrogen functional groups attached to an aromatic ring is 1. The first-order valence-electron chi connectivity index (χ1n) is 5.21. The molecule has 0 atom stereocenters. The molecule has 0 fully saturated rings. The molecule has 0 amide bonds. The predicted molar refractivity (Wildman–Crippen MR) is 61.2 cm³/mol. The van der Waals surface area contributed by atoms with Crippen molar-refractivity contribution in [1.29, 1.82) is 0 Å². The lowest BCUT2D eigenvalue weighted by Crippen LogP contribution is -2.04. The van der Waals surface area contributed by atoms with Crippen molar-refractivity contribution in [3.8, 4) is 11.1 Å². The Morgan fingerprint density at radius 3 is 2.21 bits per heavy atom. The van der Waals surface area contributed by atoms with Crippen LogP contribution in [0.3, 0.4) is 0 Å². The summed E-state index contributed by atoms with van der Waals surface area (Å²) in [5.41, 5.74) is 3.52. The van der Waals surface area contributed by atoms with Crippen LogP contribution in [0.4, 0.5) is 27.6 Å². The minimum Gasteiger partial charge on any atom is -0.396 e. The summed E-state index contributed by atoms with van der Waals surface area (Å²) in [7, 11) is 0. The molecular weight excluding hydrogens is 265 g/mol. The van der Waals surface area contributed by atoms with Crippen LogP contribution in [0.25, 0.3) is 11.1 Å². The van der Waals surface area contributed by atoms with Crippen LogP contribution in [-0.4, -0.2) is 0 Å². The molecule has 100 valence electrons. The average Bonchev–Trinajstić information content (AvgIpc) is 2.33. The molecule has 19 heavy (non-hydrogen) atoms. The van der Waals surface area contributed by atoms with E-state index in [1.165, 1.54) is 6.07 Å². The highest BCUT2D eigenvalue weighted by Gasteiger charge is 2.30. The molecule has 2 aromatic carbocycles. The summed E-state index contributed by atoms with van der Waals surface area (Å²) in [6.45, 7) is 0. The van der Waals surface area contributed by atoms with Crippen LogP contribution in [0.5, 0.6) is 0 Å². The molecule has 2 rings (SSSR count). The van der Waals surface area contributed by atoms with E-state index in [1.54, 1.807) is 0 Å². The fraction of sp³-hybridized carbons (Fsp3) is 0.0769. The summed E-state index contributed by atoms with van der Waals surface area (Å²) in [4.78, 5) is 0. The van der Waals surface area contributed by atoms with E-state index in [-0.39, 0.29) is 11.1 Å². The van der Waals surface area contributed by atoms with Gasteiger partial charge in [0.05, 0.1) is 11.3 Å². The highest BCUT2D eigenvalue weighted by Crippen LogP contribution is 2.33. The molecule has 0 aliphatic heterocycles. The molecule has 0 saturated heterocycles. The molecule has 0 aliphatic rings. The lowest BCUT2D eigenvalue weighted by Gasteiger charge is -2.10. The van der Waals surface area contributed by atoms with E-state index in [9.17, 15) is 22.0 Å². The van der Waals surface area contributed by atoms with Crippen molar-refractivity contribution in [3.05, 3.63) is 53.6 Å². The van der Waals surface area contributed by atoms with Crippen LogP contribution < -0.4 is 5.73 Å². The Bertz CT molecular complexity index is 619. The fourth-order valence-corrected chi connectivity index (χ4v) is 1.65. The van der Waals surface area contributed by atoms with Gasteiger partial charge in [0.25, 0.3) is 0 Å². The Hall–Kier alpha value is -2.11. The van der Waals surface area contributed by atoms with Gasteiger partial charge in [-0.2, -0.15) is 13.2 Å². The first-order valence-corrected chi connectivity index (χ1v) is 5.21. The minimum absolute atomic E-state index is 0.0637. The van der Waals surface area contributed by atoms with Crippen LogP contribution in [0.15, 0.2) is 36.4 Å². The molecule has 0 heterocycles. The van der Waals surface area contributed by atoms with Crippen molar-refractivity contribution < 1.29 is 22.0 Å².